The Labute approximate surface area is 128 Å². The number of rotatable bonds is 9. The molecule has 1 aromatic rings. The van der Waals surface area contributed by atoms with E-state index in [9.17, 15) is 9.59 Å². The molecule has 0 heterocycles. The Morgan fingerprint density at radius 1 is 1.33 bits per heavy atom. The normalized spacial score (nSPS) is 10.5. The van der Waals surface area contributed by atoms with Crippen LogP contribution in [0.2, 0.25) is 0 Å². The van der Waals surface area contributed by atoms with Gasteiger partial charge in [0.15, 0.2) is 0 Å². The second kappa shape index (κ2) is 9.88. The summed E-state index contributed by atoms with van der Waals surface area (Å²) in [6, 6.07) is 7.45. The fraction of sp³-hybridized carbons (Fsp3) is 0.333. The lowest BCUT2D eigenvalue weighted by molar-refractivity contribution is -0.133. The minimum absolute atomic E-state index is 0.0535. The summed E-state index contributed by atoms with van der Waals surface area (Å²) >= 11 is 1.27. The van der Waals surface area contributed by atoms with Crippen molar-refractivity contribution in [2.24, 2.45) is 0 Å². The fourth-order valence-corrected chi connectivity index (χ4v) is 2.04. The summed E-state index contributed by atoms with van der Waals surface area (Å²) in [5.41, 5.74) is 0.911. The number of carbonyl (C=O) groups is 2. The highest BCUT2D eigenvalue weighted by molar-refractivity contribution is 7.99. The van der Waals surface area contributed by atoms with Crippen molar-refractivity contribution in [3.05, 3.63) is 35.9 Å². The van der Waals surface area contributed by atoms with Crippen LogP contribution in [0.1, 0.15) is 12.5 Å². The van der Waals surface area contributed by atoms with Gasteiger partial charge in [-0.25, -0.2) is 0 Å². The molecule has 0 radical (unpaired) electrons. The van der Waals surface area contributed by atoms with Gasteiger partial charge in [-0.2, -0.15) is 0 Å². The molecule has 0 aliphatic carbocycles. The number of carboxylic acids is 1. The standard InChI is InChI=1S/C15H19NO4S/c1-2-20-13-6-3-12(4-7-13)5-8-14(17)16-9-10-21-11-15(18)19/h3-8H,2,9-11H2,1H3,(H,16,17)(H,18,19)/b8-5+. The smallest absolute Gasteiger partial charge is 0.313 e. The lowest BCUT2D eigenvalue weighted by Gasteiger charge is -2.02. The molecule has 0 saturated heterocycles. The Balaban J connectivity index is 2.28. The van der Waals surface area contributed by atoms with Crippen LogP contribution in [0.5, 0.6) is 5.75 Å². The topological polar surface area (TPSA) is 75.6 Å². The first-order chi connectivity index (χ1) is 10.1. The van der Waals surface area contributed by atoms with Crippen molar-refractivity contribution in [1.82, 2.24) is 5.32 Å². The summed E-state index contributed by atoms with van der Waals surface area (Å²) in [7, 11) is 0. The first kappa shape index (κ1) is 17.1. The molecule has 1 amide bonds. The Morgan fingerprint density at radius 2 is 2.05 bits per heavy atom. The van der Waals surface area contributed by atoms with E-state index in [2.05, 4.69) is 5.32 Å². The zero-order valence-corrected chi connectivity index (χ0v) is 12.7. The molecule has 0 atom stereocenters. The van der Waals surface area contributed by atoms with Gasteiger partial charge in [-0.15, -0.1) is 11.8 Å². The van der Waals surface area contributed by atoms with Crippen LogP contribution in [-0.4, -0.2) is 41.6 Å². The maximum absolute atomic E-state index is 11.5. The van der Waals surface area contributed by atoms with Crippen LogP contribution in [0.25, 0.3) is 6.08 Å². The molecule has 0 saturated carbocycles. The van der Waals surface area contributed by atoms with Crippen LogP contribution in [-0.2, 0) is 9.59 Å². The van der Waals surface area contributed by atoms with Gasteiger partial charge in [0.05, 0.1) is 12.4 Å². The van der Waals surface area contributed by atoms with E-state index in [-0.39, 0.29) is 11.7 Å². The highest BCUT2D eigenvalue weighted by atomic mass is 32.2. The van der Waals surface area contributed by atoms with Gasteiger partial charge >= 0.3 is 5.97 Å². The average Bonchev–Trinajstić information content (AvgIpc) is 2.46. The third kappa shape index (κ3) is 8.04. The average molecular weight is 309 g/mol. The number of carbonyl (C=O) groups excluding carboxylic acids is 1. The largest absolute Gasteiger partial charge is 0.494 e. The van der Waals surface area contributed by atoms with Gasteiger partial charge in [-0.1, -0.05) is 12.1 Å². The summed E-state index contributed by atoms with van der Waals surface area (Å²) in [6.07, 6.45) is 3.17. The Morgan fingerprint density at radius 3 is 2.67 bits per heavy atom. The Kier molecular flexibility index (Phi) is 8.04. The zero-order valence-electron chi connectivity index (χ0n) is 11.9. The zero-order chi connectivity index (χ0) is 15.5. The number of hydrogen-bond acceptors (Lipinski definition) is 4. The predicted octanol–water partition coefficient (Wildman–Crippen LogP) is 2.03. The van der Waals surface area contributed by atoms with Crippen molar-refractivity contribution in [3.8, 4) is 5.75 Å². The molecule has 0 aliphatic rings. The van der Waals surface area contributed by atoms with E-state index in [4.69, 9.17) is 9.84 Å². The number of benzene rings is 1. The number of amides is 1. The number of hydrogen-bond donors (Lipinski definition) is 2. The molecule has 6 heteroatoms. The van der Waals surface area contributed by atoms with E-state index in [1.165, 1.54) is 17.8 Å². The SMILES string of the molecule is CCOc1ccc(/C=C/C(=O)NCCSCC(=O)O)cc1. The third-order valence-corrected chi connectivity index (χ3v) is 3.33. The number of thioether (sulfide) groups is 1. The molecule has 5 nitrogen and oxygen atoms in total. The molecule has 0 unspecified atom stereocenters. The molecular formula is C15H19NO4S. The molecule has 0 bridgehead atoms. The molecule has 1 aromatic carbocycles. The fourth-order valence-electron chi connectivity index (χ4n) is 1.48. The van der Waals surface area contributed by atoms with Crippen molar-refractivity contribution in [1.29, 1.82) is 0 Å². The summed E-state index contributed by atoms with van der Waals surface area (Å²) < 4.78 is 5.33. The third-order valence-electron chi connectivity index (χ3n) is 2.39. The molecular weight excluding hydrogens is 290 g/mol. The number of nitrogens with one attached hydrogen (secondary N) is 1. The molecule has 0 spiro atoms. The monoisotopic (exact) mass is 309 g/mol. The first-order valence-electron chi connectivity index (χ1n) is 6.60. The number of carboxylic acid groups (broad SMARTS) is 1. The second-order valence-corrected chi connectivity index (χ2v) is 5.18. The number of ether oxygens (including phenoxy) is 1. The second-order valence-electron chi connectivity index (χ2n) is 4.07. The maximum atomic E-state index is 11.5. The molecule has 21 heavy (non-hydrogen) atoms. The van der Waals surface area contributed by atoms with E-state index in [1.54, 1.807) is 6.08 Å². The van der Waals surface area contributed by atoms with E-state index in [1.807, 2.05) is 31.2 Å². The summed E-state index contributed by atoms with van der Waals surface area (Å²) in [5.74, 6) is 0.392. The first-order valence-corrected chi connectivity index (χ1v) is 7.75. The van der Waals surface area contributed by atoms with Crippen molar-refractivity contribution >= 4 is 29.7 Å². The van der Waals surface area contributed by atoms with Crippen LogP contribution in [0.3, 0.4) is 0 Å². The van der Waals surface area contributed by atoms with Crippen LogP contribution in [0, 0.1) is 0 Å². The van der Waals surface area contributed by atoms with Gasteiger partial charge in [0.25, 0.3) is 0 Å². The molecule has 0 aromatic heterocycles. The molecule has 114 valence electrons. The Hall–Kier alpha value is -1.95. The van der Waals surface area contributed by atoms with Gasteiger partial charge in [-0.05, 0) is 30.7 Å². The molecule has 0 aliphatic heterocycles. The van der Waals surface area contributed by atoms with E-state index in [0.717, 1.165) is 11.3 Å². The predicted molar refractivity (Wildman–Crippen MR) is 84.6 cm³/mol. The van der Waals surface area contributed by atoms with Crippen LogP contribution < -0.4 is 10.1 Å². The van der Waals surface area contributed by atoms with Gasteiger partial charge in [-0.3, -0.25) is 9.59 Å². The summed E-state index contributed by atoms with van der Waals surface area (Å²) in [6.45, 7) is 2.99. The quantitative estimate of drug-likeness (QED) is 0.539. The van der Waals surface area contributed by atoms with Gasteiger partial charge in [0, 0.05) is 18.4 Å². The Bertz CT molecular complexity index is 485. The van der Waals surface area contributed by atoms with E-state index >= 15 is 0 Å². The van der Waals surface area contributed by atoms with E-state index < -0.39 is 5.97 Å². The van der Waals surface area contributed by atoms with Crippen molar-refractivity contribution < 1.29 is 19.4 Å². The lowest BCUT2D eigenvalue weighted by Crippen LogP contribution is -2.23. The summed E-state index contributed by atoms with van der Waals surface area (Å²) in [5, 5.41) is 11.2. The van der Waals surface area contributed by atoms with Crippen molar-refractivity contribution in [2.75, 3.05) is 24.7 Å². The molecule has 0 fully saturated rings. The summed E-state index contributed by atoms with van der Waals surface area (Å²) in [4.78, 5) is 21.8. The van der Waals surface area contributed by atoms with Crippen LogP contribution in [0.15, 0.2) is 30.3 Å². The van der Waals surface area contributed by atoms with Crippen molar-refractivity contribution in [3.63, 3.8) is 0 Å². The van der Waals surface area contributed by atoms with Crippen LogP contribution in [0.4, 0.5) is 0 Å². The molecule has 2 N–H and O–H groups in total. The van der Waals surface area contributed by atoms with Gasteiger partial charge < -0.3 is 15.2 Å². The minimum atomic E-state index is -0.846. The molecule has 1 rings (SSSR count). The minimum Gasteiger partial charge on any atom is -0.494 e. The van der Waals surface area contributed by atoms with E-state index in [0.29, 0.717) is 18.9 Å². The lowest BCUT2D eigenvalue weighted by atomic mass is 10.2. The van der Waals surface area contributed by atoms with Crippen molar-refractivity contribution in [2.45, 2.75) is 6.92 Å². The number of aliphatic carboxylic acids is 1. The highest BCUT2D eigenvalue weighted by Gasteiger charge is 1.98. The van der Waals surface area contributed by atoms with Crippen LogP contribution >= 0.6 is 11.8 Å². The van der Waals surface area contributed by atoms with Gasteiger partial charge in [0.1, 0.15) is 5.75 Å². The van der Waals surface area contributed by atoms with Gasteiger partial charge in [0.2, 0.25) is 5.91 Å². The maximum Gasteiger partial charge on any atom is 0.313 e. The highest BCUT2D eigenvalue weighted by Crippen LogP contribution is 2.12.